The SMILES string of the molecule is CCCCCCCCCCCCCCCCCCOCCOCCOCCOCCOCCO[Si](C)(C)C(C)(C)C. The van der Waals surface area contributed by atoms with Crippen molar-refractivity contribution in [1.29, 1.82) is 0 Å². The van der Waals surface area contributed by atoms with Crippen LogP contribution in [0.3, 0.4) is 0 Å². The van der Waals surface area contributed by atoms with Gasteiger partial charge in [0.2, 0.25) is 0 Å². The highest BCUT2D eigenvalue weighted by atomic mass is 28.4. The van der Waals surface area contributed by atoms with E-state index in [2.05, 4.69) is 40.8 Å². The van der Waals surface area contributed by atoms with Gasteiger partial charge in [0, 0.05) is 6.61 Å². The van der Waals surface area contributed by atoms with Crippen LogP contribution >= 0.6 is 0 Å². The third kappa shape index (κ3) is 29.8. The Bertz CT molecular complexity index is 512. The lowest BCUT2D eigenvalue weighted by Crippen LogP contribution is -2.41. The minimum atomic E-state index is -1.67. The number of rotatable bonds is 33. The molecule has 0 fully saturated rings. The molecule has 0 radical (unpaired) electrons. The molecule has 0 aromatic carbocycles. The Morgan fingerprint density at radius 2 is 0.634 bits per heavy atom. The third-order valence-corrected chi connectivity index (χ3v) is 12.7. The monoisotopic (exact) mass is 605 g/mol. The van der Waals surface area contributed by atoms with E-state index in [1.54, 1.807) is 0 Å². The minimum absolute atomic E-state index is 0.236. The molecular formula is C34H72O6Si. The third-order valence-electron chi connectivity index (χ3n) is 8.13. The van der Waals surface area contributed by atoms with Crippen LogP contribution in [-0.2, 0) is 28.1 Å². The number of ether oxygens (including phenoxy) is 5. The molecule has 41 heavy (non-hydrogen) atoms. The topological polar surface area (TPSA) is 55.4 Å². The molecule has 0 heterocycles. The van der Waals surface area contributed by atoms with E-state index in [0.717, 1.165) is 13.0 Å². The van der Waals surface area contributed by atoms with Gasteiger partial charge in [0.25, 0.3) is 0 Å². The Hall–Kier alpha value is -0.0231. The molecule has 0 saturated heterocycles. The van der Waals surface area contributed by atoms with Crippen LogP contribution in [0.5, 0.6) is 0 Å². The zero-order valence-electron chi connectivity index (χ0n) is 28.5. The Labute approximate surface area is 257 Å². The zero-order valence-corrected chi connectivity index (χ0v) is 29.5. The molecule has 0 rings (SSSR count). The summed E-state index contributed by atoms with van der Waals surface area (Å²) in [5.74, 6) is 0. The van der Waals surface area contributed by atoms with Crippen LogP contribution in [0.1, 0.15) is 130 Å². The largest absolute Gasteiger partial charge is 0.414 e. The van der Waals surface area contributed by atoms with Gasteiger partial charge in [0.1, 0.15) is 0 Å². The second-order valence-electron chi connectivity index (χ2n) is 13.0. The van der Waals surface area contributed by atoms with Crippen molar-refractivity contribution in [2.24, 2.45) is 0 Å². The van der Waals surface area contributed by atoms with E-state index >= 15 is 0 Å². The molecule has 0 spiro atoms. The van der Waals surface area contributed by atoms with Gasteiger partial charge in [-0.05, 0) is 24.6 Å². The van der Waals surface area contributed by atoms with Gasteiger partial charge in [-0.2, -0.15) is 0 Å². The van der Waals surface area contributed by atoms with Gasteiger partial charge in [0.15, 0.2) is 8.32 Å². The highest BCUT2D eigenvalue weighted by molar-refractivity contribution is 6.74. The second kappa shape index (κ2) is 30.0. The van der Waals surface area contributed by atoms with Crippen molar-refractivity contribution in [3.63, 3.8) is 0 Å². The van der Waals surface area contributed by atoms with Gasteiger partial charge in [-0.3, -0.25) is 0 Å². The van der Waals surface area contributed by atoms with E-state index < -0.39 is 8.32 Å². The van der Waals surface area contributed by atoms with Gasteiger partial charge in [-0.1, -0.05) is 124 Å². The average molecular weight is 605 g/mol. The minimum Gasteiger partial charge on any atom is -0.414 e. The highest BCUT2D eigenvalue weighted by Crippen LogP contribution is 2.36. The van der Waals surface area contributed by atoms with Gasteiger partial charge in [-0.25, -0.2) is 0 Å². The van der Waals surface area contributed by atoms with Crippen molar-refractivity contribution in [2.75, 3.05) is 72.7 Å². The number of unbranched alkanes of at least 4 members (excludes halogenated alkanes) is 15. The molecule has 248 valence electrons. The normalized spacial score (nSPS) is 12.4. The van der Waals surface area contributed by atoms with E-state index in [-0.39, 0.29) is 5.04 Å². The fourth-order valence-corrected chi connectivity index (χ4v) is 5.33. The standard InChI is InChI=1S/C34H72O6Si/c1-7-8-9-10-11-12-13-14-15-16-17-18-19-20-21-22-23-35-24-25-36-26-27-37-28-29-38-30-31-39-32-33-40-41(5,6)34(2,3)4/h7-33H2,1-6H3. The average Bonchev–Trinajstić information content (AvgIpc) is 2.93. The van der Waals surface area contributed by atoms with Crippen LogP contribution < -0.4 is 0 Å². The van der Waals surface area contributed by atoms with Crippen LogP contribution in [0.4, 0.5) is 0 Å². The lowest BCUT2D eigenvalue weighted by Gasteiger charge is -2.36. The maximum Gasteiger partial charge on any atom is 0.192 e. The molecule has 0 aromatic rings. The van der Waals surface area contributed by atoms with Crippen LogP contribution in [0.2, 0.25) is 18.1 Å². The lowest BCUT2D eigenvalue weighted by atomic mass is 10.0. The summed E-state index contributed by atoms with van der Waals surface area (Å²) in [6, 6.07) is 0. The van der Waals surface area contributed by atoms with Gasteiger partial charge >= 0.3 is 0 Å². The predicted molar refractivity (Wildman–Crippen MR) is 177 cm³/mol. The van der Waals surface area contributed by atoms with E-state index in [4.69, 9.17) is 28.1 Å². The van der Waals surface area contributed by atoms with Crippen LogP contribution in [0.15, 0.2) is 0 Å². The maximum atomic E-state index is 6.09. The summed E-state index contributed by atoms with van der Waals surface area (Å²) in [5.41, 5.74) is 0. The number of hydrogen-bond donors (Lipinski definition) is 0. The van der Waals surface area contributed by atoms with Crippen LogP contribution in [0, 0.1) is 0 Å². The molecule has 0 bridgehead atoms. The molecular weight excluding hydrogens is 532 g/mol. The summed E-state index contributed by atoms with van der Waals surface area (Å²) in [6.45, 7) is 20.5. The molecule has 0 N–H and O–H groups in total. The maximum absolute atomic E-state index is 6.09. The molecule has 0 saturated carbocycles. The summed E-state index contributed by atoms with van der Waals surface area (Å²) < 4.78 is 34.0. The summed E-state index contributed by atoms with van der Waals surface area (Å²) >= 11 is 0. The summed E-state index contributed by atoms with van der Waals surface area (Å²) in [6.07, 6.45) is 22.3. The molecule has 0 amide bonds. The van der Waals surface area contributed by atoms with Crippen molar-refractivity contribution in [1.82, 2.24) is 0 Å². The van der Waals surface area contributed by atoms with Crippen molar-refractivity contribution in [3.05, 3.63) is 0 Å². The van der Waals surface area contributed by atoms with Crippen molar-refractivity contribution in [2.45, 2.75) is 149 Å². The molecule has 0 aliphatic heterocycles. The molecule has 0 aliphatic rings. The summed E-state index contributed by atoms with van der Waals surface area (Å²) in [4.78, 5) is 0. The lowest BCUT2D eigenvalue weighted by molar-refractivity contribution is -0.0131. The van der Waals surface area contributed by atoms with Gasteiger partial charge < -0.3 is 28.1 Å². The first-order valence-electron chi connectivity index (χ1n) is 17.3. The number of hydrogen-bond acceptors (Lipinski definition) is 6. The summed E-state index contributed by atoms with van der Waals surface area (Å²) in [7, 11) is -1.67. The Morgan fingerprint density at radius 3 is 0.951 bits per heavy atom. The van der Waals surface area contributed by atoms with Gasteiger partial charge in [-0.15, -0.1) is 0 Å². The first-order valence-corrected chi connectivity index (χ1v) is 20.2. The van der Waals surface area contributed by atoms with Crippen molar-refractivity contribution >= 4 is 8.32 Å². The van der Waals surface area contributed by atoms with Crippen LogP contribution in [-0.4, -0.2) is 81.0 Å². The fraction of sp³-hybridized carbons (Fsp3) is 1.00. The fourth-order valence-electron chi connectivity index (χ4n) is 4.31. The smallest absolute Gasteiger partial charge is 0.192 e. The Morgan fingerprint density at radius 1 is 0.366 bits per heavy atom. The predicted octanol–water partition coefficient (Wildman–Crippen LogP) is 9.35. The van der Waals surface area contributed by atoms with E-state index in [1.807, 2.05) is 0 Å². The van der Waals surface area contributed by atoms with Crippen molar-refractivity contribution < 1.29 is 28.1 Å². The highest BCUT2D eigenvalue weighted by Gasteiger charge is 2.36. The quantitative estimate of drug-likeness (QED) is 0.0549. The van der Waals surface area contributed by atoms with E-state index in [9.17, 15) is 0 Å². The summed E-state index contributed by atoms with van der Waals surface area (Å²) in [5, 5.41) is 0.236. The van der Waals surface area contributed by atoms with E-state index in [0.29, 0.717) is 66.1 Å². The molecule has 7 heteroatoms. The van der Waals surface area contributed by atoms with E-state index in [1.165, 1.54) is 96.3 Å². The Kier molecular flexibility index (Phi) is 30.0. The molecule has 6 nitrogen and oxygen atoms in total. The molecule has 0 aliphatic carbocycles. The first kappa shape index (κ1) is 41.0. The first-order chi connectivity index (χ1) is 19.8. The van der Waals surface area contributed by atoms with Crippen LogP contribution in [0.25, 0.3) is 0 Å². The molecule has 0 aromatic heterocycles. The van der Waals surface area contributed by atoms with Gasteiger partial charge in [0.05, 0.1) is 66.1 Å². The molecule has 0 unspecified atom stereocenters. The Balaban J connectivity index is 3.12. The van der Waals surface area contributed by atoms with Crippen molar-refractivity contribution in [3.8, 4) is 0 Å². The zero-order chi connectivity index (χ0) is 30.3. The molecule has 0 atom stereocenters. The second-order valence-corrected chi connectivity index (χ2v) is 17.8.